The van der Waals surface area contributed by atoms with E-state index in [1.165, 1.54) is 53.1 Å². The molecule has 0 bridgehead atoms. The molecule has 130 valence electrons. The number of nitrogens with zero attached hydrogens (tertiary/aromatic N) is 1. The smallest absolute Gasteiger partial charge is 0.0483 e. The lowest BCUT2D eigenvalue weighted by atomic mass is 9.74. The zero-order valence-corrected chi connectivity index (χ0v) is 15.2. The van der Waals surface area contributed by atoms with Gasteiger partial charge < -0.3 is 9.55 Å². The Kier molecular flexibility index (Phi) is 2.97. The third kappa shape index (κ3) is 1.77. The molecule has 2 aromatic heterocycles. The second-order valence-electron chi connectivity index (χ2n) is 8.20. The van der Waals surface area contributed by atoms with Gasteiger partial charge in [0.2, 0.25) is 0 Å². The quantitative estimate of drug-likeness (QED) is 0.433. The molecule has 0 spiro atoms. The highest BCUT2D eigenvalue weighted by Crippen LogP contribution is 2.58. The molecule has 26 heavy (non-hydrogen) atoms. The van der Waals surface area contributed by atoms with E-state index in [0.29, 0.717) is 5.92 Å². The molecule has 2 heteroatoms. The Morgan fingerprint density at radius 2 is 1.69 bits per heavy atom. The van der Waals surface area contributed by atoms with Crippen molar-refractivity contribution in [3.05, 3.63) is 71.5 Å². The Morgan fingerprint density at radius 1 is 0.923 bits per heavy atom. The van der Waals surface area contributed by atoms with Gasteiger partial charge in [-0.15, -0.1) is 0 Å². The molecule has 2 heterocycles. The summed E-state index contributed by atoms with van der Waals surface area (Å²) in [6.07, 6.45) is 7.76. The van der Waals surface area contributed by atoms with E-state index in [-0.39, 0.29) is 0 Å². The van der Waals surface area contributed by atoms with E-state index >= 15 is 0 Å². The number of aromatic nitrogens is 2. The fourth-order valence-electron chi connectivity index (χ4n) is 6.06. The highest BCUT2D eigenvalue weighted by molar-refractivity contribution is 5.89. The lowest BCUT2D eigenvalue weighted by Gasteiger charge is -2.30. The average Bonchev–Trinajstić information content (AvgIpc) is 3.34. The summed E-state index contributed by atoms with van der Waals surface area (Å²) in [4.78, 5) is 3.54. The molecule has 1 fully saturated rings. The van der Waals surface area contributed by atoms with Crippen molar-refractivity contribution in [3.8, 4) is 0 Å². The summed E-state index contributed by atoms with van der Waals surface area (Å²) < 4.78 is 2.50. The predicted octanol–water partition coefficient (Wildman–Crippen LogP) is 6.08. The number of hydrogen-bond donors (Lipinski definition) is 1. The van der Waals surface area contributed by atoms with Gasteiger partial charge in [-0.25, -0.2) is 0 Å². The van der Waals surface area contributed by atoms with Gasteiger partial charge in [0.05, 0.1) is 0 Å². The normalized spacial score (nSPS) is 24.9. The minimum Gasteiger partial charge on any atom is -0.361 e. The number of benzene rings is 2. The Bertz CT molecular complexity index is 1130. The average molecular weight is 340 g/mol. The molecule has 0 aliphatic heterocycles. The van der Waals surface area contributed by atoms with E-state index < -0.39 is 0 Å². The van der Waals surface area contributed by atoms with E-state index in [2.05, 4.69) is 71.3 Å². The fourth-order valence-corrected chi connectivity index (χ4v) is 6.06. The molecule has 0 radical (unpaired) electrons. The van der Waals surface area contributed by atoms with Crippen LogP contribution in [0, 0.1) is 5.92 Å². The maximum atomic E-state index is 3.54. The number of H-pyrrole nitrogens is 1. The molecule has 0 unspecified atom stereocenters. The molecule has 2 aliphatic carbocycles. The van der Waals surface area contributed by atoms with Crippen molar-refractivity contribution in [1.82, 2.24) is 9.55 Å². The molecule has 0 amide bonds. The number of rotatable bonds is 1. The van der Waals surface area contributed by atoms with Crippen LogP contribution in [0.3, 0.4) is 0 Å². The maximum Gasteiger partial charge on any atom is 0.0483 e. The second kappa shape index (κ2) is 5.26. The SMILES string of the molecule is Cn1c2c(c3ccccc31)[C@@H]1CCCC[C@@H]1[C@H]2c1c[nH]c2ccccc12. The van der Waals surface area contributed by atoms with E-state index in [1.807, 2.05) is 0 Å². The topological polar surface area (TPSA) is 20.7 Å². The van der Waals surface area contributed by atoms with Crippen molar-refractivity contribution in [3.63, 3.8) is 0 Å². The van der Waals surface area contributed by atoms with Gasteiger partial charge in [-0.1, -0.05) is 49.2 Å². The lowest BCUT2D eigenvalue weighted by molar-refractivity contribution is 0.307. The Balaban J connectivity index is 1.67. The first-order valence-corrected chi connectivity index (χ1v) is 9.98. The second-order valence-corrected chi connectivity index (χ2v) is 8.20. The minimum absolute atomic E-state index is 0.517. The third-order valence-corrected chi connectivity index (χ3v) is 7.06. The van der Waals surface area contributed by atoms with Gasteiger partial charge in [-0.2, -0.15) is 0 Å². The number of aromatic amines is 1. The van der Waals surface area contributed by atoms with Crippen LogP contribution in [0.4, 0.5) is 0 Å². The summed E-state index contributed by atoms with van der Waals surface area (Å²) in [6.45, 7) is 0. The van der Waals surface area contributed by atoms with Crippen LogP contribution in [0.15, 0.2) is 54.7 Å². The van der Waals surface area contributed by atoms with Crippen molar-refractivity contribution in [1.29, 1.82) is 0 Å². The zero-order chi connectivity index (χ0) is 17.3. The molecule has 2 aliphatic rings. The predicted molar refractivity (Wildman–Crippen MR) is 108 cm³/mol. The standard InChI is InChI=1S/C24H24N2/c1-26-21-13-7-5-11-18(21)22-16-9-2-3-10-17(16)23(24(22)26)19-14-25-20-12-6-4-8-15(19)20/h4-8,11-14,16-17,23,25H,2-3,9-10H2,1H3/t16-,17+,23+/m1/s1. The van der Waals surface area contributed by atoms with E-state index in [1.54, 1.807) is 11.3 Å². The van der Waals surface area contributed by atoms with Gasteiger partial charge in [0.15, 0.2) is 0 Å². The molecule has 6 rings (SSSR count). The molecular weight excluding hydrogens is 316 g/mol. The Labute approximate surface area is 153 Å². The van der Waals surface area contributed by atoms with Crippen LogP contribution >= 0.6 is 0 Å². The van der Waals surface area contributed by atoms with Crippen molar-refractivity contribution >= 4 is 21.8 Å². The number of nitrogens with one attached hydrogen (secondary N) is 1. The fraction of sp³-hybridized carbons (Fsp3) is 0.333. The van der Waals surface area contributed by atoms with Crippen LogP contribution in [0.25, 0.3) is 21.8 Å². The summed E-state index contributed by atoms with van der Waals surface area (Å²) in [7, 11) is 2.28. The van der Waals surface area contributed by atoms with Crippen molar-refractivity contribution in [2.45, 2.75) is 37.5 Å². The monoisotopic (exact) mass is 340 g/mol. The van der Waals surface area contributed by atoms with Gasteiger partial charge in [-0.05, 0) is 47.9 Å². The van der Waals surface area contributed by atoms with Crippen LogP contribution in [-0.4, -0.2) is 9.55 Å². The van der Waals surface area contributed by atoms with Crippen LogP contribution in [0.2, 0.25) is 0 Å². The van der Waals surface area contributed by atoms with Crippen LogP contribution < -0.4 is 0 Å². The largest absolute Gasteiger partial charge is 0.361 e. The summed E-state index contributed by atoms with van der Waals surface area (Å²) in [6, 6.07) is 17.8. The van der Waals surface area contributed by atoms with Crippen LogP contribution in [0.5, 0.6) is 0 Å². The van der Waals surface area contributed by atoms with Gasteiger partial charge in [0, 0.05) is 46.7 Å². The number of aryl methyl sites for hydroxylation is 1. The number of hydrogen-bond acceptors (Lipinski definition) is 0. The van der Waals surface area contributed by atoms with E-state index in [4.69, 9.17) is 0 Å². The molecule has 0 saturated heterocycles. The Hall–Kier alpha value is -2.48. The first-order chi connectivity index (χ1) is 12.8. The van der Waals surface area contributed by atoms with Crippen LogP contribution in [-0.2, 0) is 7.05 Å². The van der Waals surface area contributed by atoms with Gasteiger partial charge in [-0.3, -0.25) is 0 Å². The molecule has 4 aromatic rings. The van der Waals surface area contributed by atoms with Gasteiger partial charge >= 0.3 is 0 Å². The number of fused-ring (bicyclic) bond motifs is 6. The van der Waals surface area contributed by atoms with Crippen molar-refractivity contribution < 1.29 is 0 Å². The lowest BCUT2D eigenvalue weighted by Crippen LogP contribution is -2.19. The van der Waals surface area contributed by atoms with E-state index in [9.17, 15) is 0 Å². The molecule has 2 aromatic carbocycles. The molecular formula is C24H24N2. The van der Waals surface area contributed by atoms with Crippen molar-refractivity contribution in [2.75, 3.05) is 0 Å². The van der Waals surface area contributed by atoms with E-state index in [0.717, 1.165) is 11.8 Å². The summed E-state index contributed by atoms with van der Waals surface area (Å²) in [5, 5.41) is 2.89. The van der Waals surface area contributed by atoms with Gasteiger partial charge in [0.25, 0.3) is 0 Å². The first kappa shape index (κ1) is 14.7. The summed E-state index contributed by atoms with van der Waals surface area (Å²) in [5.74, 6) is 2.00. The first-order valence-electron chi connectivity index (χ1n) is 9.98. The number of para-hydroxylation sites is 2. The van der Waals surface area contributed by atoms with Gasteiger partial charge in [0.1, 0.15) is 0 Å². The Morgan fingerprint density at radius 3 is 2.62 bits per heavy atom. The molecule has 1 saturated carbocycles. The molecule has 3 atom stereocenters. The summed E-state index contributed by atoms with van der Waals surface area (Å²) in [5.41, 5.74) is 7.39. The summed E-state index contributed by atoms with van der Waals surface area (Å²) >= 11 is 0. The minimum atomic E-state index is 0.517. The maximum absolute atomic E-state index is 3.54. The highest BCUT2D eigenvalue weighted by atomic mass is 15.0. The molecule has 2 nitrogen and oxygen atoms in total. The third-order valence-electron chi connectivity index (χ3n) is 7.06. The highest BCUT2D eigenvalue weighted by Gasteiger charge is 2.46. The van der Waals surface area contributed by atoms with Crippen LogP contribution in [0.1, 0.15) is 54.3 Å². The zero-order valence-electron chi connectivity index (χ0n) is 15.2. The van der Waals surface area contributed by atoms with Crippen molar-refractivity contribution in [2.24, 2.45) is 13.0 Å². The molecule has 1 N–H and O–H groups in total.